The molecule has 0 radical (unpaired) electrons. The molecule has 156 valence electrons. The first-order chi connectivity index (χ1) is 15.0. The van der Waals surface area contributed by atoms with E-state index < -0.39 is 18.2 Å². The molecule has 0 amide bonds. The van der Waals surface area contributed by atoms with Crippen LogP contribution in [0.4, 0.5) is 13.2 Å². The number of hydrogen-bond donors (Lipinski definition) is 0. The van der Waals surface area contributed by atoms with Crippen molar-refractivity contribution < 1.29 is 17.9 Å². The Kier molecular flexibility index (Phi) is 6.08. The van der Waals surface area contributed by atoms with Gasteiger partial charge in [-0.25, -0.2) is 4.39 Å². The lowest BCUT2D eigenvalue weighted by atomic mass is 9.97. The summed E-state index contributed by atoms with van der Waals surface area (Å²) in [5.41, 5.74) is 4.81. The van der Waals surface area contributed by atoms with E-state index in [1.54, 1.807) is 6.07 Å². The van der Waals surface area contributed by atoms with Gasteiger partial charge in [0.1, 0.15) is 0 Å². The van der Waals surface area contributed by atoms with Crippen molar-refractivity contribution in [3.05, 3.63) is 103 Å². The van der Waals surface area contributed by atoms with Crippen LogP contribution in [0.5, 0.6) is 5.75 Å². The van der Waals surface area contributed by atoms with Gasteiger partial charge in [0.15, 0.2) is 11.6 Å². The van der Waals surface area contributed by atoms with Crippen LogP contribution in [0.15, 0.2) is 91.5 Å². The first-order valence-corrected chi connectivity index (χ1v) is 10.0. The summed E-state index contributed by atoms with van der Waals surface area (Å²) < 4.78 is 42.8. The number of allylic oxidation sites excluding steroid dienone is 1. The summed E-state index contributed by atoms with van der Waals surface area (Å²) in [6.45, 7) is 0.720. The highest BCUT2D eigenvalue weighted by molar-refractivity contribution is 5.88. The maximum Gasteiger partial charge on any atom is 0.387 e. The Morgan fingerprint density at radius 2 is 1.32 bits per heavy atom. The first kappa shape index (κ1) is 20.7. The highest BCUT2D eigenvalue weighted by Gasteiger charge is 2.11. The molecule has 0 fully saturated rings. The number of ether oxygens (including phenoxy) is 1. The largest absolute Gasteiger partial charge is 0.432 e. The van der Waals surface area contributed by atoms with Gasteiger partial charge in [-0.2, -0.15) is 8.78 Å². The number of hydrogen-bond acceptors (Lipinski definition) is 1. The molecule has 31 heavy (non-hydrogen) atoms. The molecule has 0 N–H and O–H groups in total. The molecule has 0 spiro atoms. The summed E-state index contributed by atoms with van der Waals surface area (Å²) in [5.74, 6) is -1.27. The fourth-order valence-electron chi connectivity index (χ4n) is 3.63. The third-order valence-electron chi connectivity index (χ3n) is 5.24. The highest BCUT2D eigenvalue weighted by atomic mass is 19.3. The number of rotatable bonds is 7. The van der Waals surface area contributed by atoms with Crippen molar-refractivity contribution in [2.45, 2.75) is 19.5 Å². The van der Waals surface area contributed by atoms with E-state index in [1.807, 2.05) is 30.3 Å². The molecule has 0 aliphatic heterocycles. The lowest BCUT2D eigenvalue weighted by Gasteiger charge is -2.09. The van der Waals surface area contributed by atoms with Gasteiger partial charge in [0.25, 0.3) is 0 Å². The summed E-state index contributed by atoms with van der Waals surface area (Å²) in [4.78, 5) is 0. The molecule has 4 aromatic rings. The third-order valence-corrected chi connectivity index (χ3v) is 5.24. The Labute approximate surface area is 179 Å². The first-order valence-electron chi connectivity index (χ1n) is 10.0. The van der Waals surface area contributed by atoms with Gasteiger partial charge in [-0.1, -0.05) is 66.7 Å². The number of halogens is 3. The highest BCUT2D eigenvalue weighted by Crippen LogP contribution is 2.30. The van der Waals surface area contributed by atoms with Crippen LogP contribution in [0.3, 0.4) is 0 Å². The maximum absolute atomic E-state index is 14.0. The molecule has 1 nitrogen and oxygen atoms in total. The molecule has 0 saturated carbocycles. The quantitative estimate of drug-likeness (QED) is 0.276. The van der Waals surface area contributed by atoms with Crippen molar-refractivity contribution in [1.82, 2.24) is 0 Å². The molecular formula is C27H21F3O. The van der Waals surface area contributed by atoms with E-state index in [0.29, 0.717) is 5.56 Å². The van der Waals surface area contributed by atoms with Crippen LogP contribution < -0.4 is 4.74 Å². The number of benzene rings is 4. The van der Waals surface area contributed by atoms with Crippen molar-refractivity contribution in [3.8, 4) is 28.0 Å². The fourth-order valence-corrected chi connectivity index (χ4v) is 3.63. The molecule has 4 heteroatoms. The lowest BCUT2D eigenvalue weighted by molar-refractivity contribution is -0.0521. The minimum Gasteiger partial charge on any atom is -0.432 e. The average molecular weight is 418 g/mol. The van der Waals surface area contributed by atoms with Gasteiger partial charge in [-0.3, -0.25) is 0 Å². The van der Waals surface area contributed by atoms with Crippen molar-refractivity contribution >= 4 is 10.8 Å². The molecular weight excluding hydrogens is 397 g/mol. The van der Waals surface area contributed by atoms with Crippen LogP contribution in [0.1, 0.15) is 12.0 Å². The topological polar surface area (TPSA) is 9.23 Å². The zero-order valence-corrected chi connectivity index (χ0v) is 16.8. The molecule has 0 aliphatic rings. The zero-order chi connectivity index (χ0) is 21.8. The van der Waals surface area contributed by atoms with Gasteiger partial charge in [0.2, 0.25) is 0 Å². The molecule has 0 aliphatic carbocycles. The molecule has 0 aromatic heterocycles. The normalized spacial score (nSPS) is 11.1. The summed E-state index contributed by atoms with van der Waals surface area (Å²) in [6, 6.07) is 24.6. The van der Waals surface area contributed by atoms with Gasteiger partial charge < -0.3 is 4.74 Å². The Hall–Kier alpha value is -3.53. The molecule has 0 saturated heterocycles. The Morgan fingerprint density at radius 1 is 0.742 bits per heavy atom. The number of alkyl halides is 2. The van der Waals surface area contributed by atoms with Crippen LogP contribution in [0.2, 0.25) is 0 Å². The molecule has 4 aromatic carbocycles. The second kappa shape index (κ2) is 9.09. The molecule has 0 unspecified atom stereocenters. The van der Waals surface area contributed by atoms with Crippen LogP contribution in [-0.4, -0.2) is 6.61 Å². The minimum absolute atomic E-state index is 0.459. The molecule has 0 atom stereocenters. The molecule has 0 heterocycles. The Bertz CT molecular complexity index is 1210. The maximum atomic E-state index is 14.0. The average Bonchev–Trinajstić information content (AvgIpc) is 2.78. The second-order valence-corrected chi connectivity index (χ2v) is 7.32. The van der Waals surface area contributed by atoms with Crippen molar-refractivity contribution in [3.63, 3.8) is 0 Å². The van der Waals surface area contributed by atoms with Gasteiger partial charge in [0, 0.05) is 0 Å². The van der Waals surface area contributed by atoms with Crippen LogP contribution >= 0.6 is 0 Å². The van der Waals surface area contributed by atoms with Crippen molar-refractivity contribution in [2.75, 3.05) is 0 Å². The van der Waals surface area contributed by atoms with E-state index in [-0.39, 0.29) is 0 Å². The number of fused-ring (bicyclic) bond motifs is 1. The minimum atomic E-state index is -3.06. The Morgan fingerprint density at radius 3 is 1.97 bits per heavy atom. The lowest BCUT2D eigenvalue weighted by Crippen LogP contribution is -2.03. The summed E-state index contributed by atoms with van der Waals surface area (Å²) in [6.07, 6.45) is 3.87. The number of aryl methyl sites for hydroxylation is 1. The summed E-state index contributed by atoms with van der Waals surface area (Å²) in [7, 11) is 0. The third kappa shape index (κ3) is 4.80. The van der Waals surface area contributed by atoms with Crippen LogP contribution in [-0.2, 0) is 6.42 Å². The fraction of sp³-hybridized carbons (Fsp3) is 0.111. The predicted octanol–water partition coefficient (Wildman–Crippen LogP) is 8.03. The van der Waals surface area contributed by atoms with Gasteiger partial charge in [0.05, 0.1) is 0 Å². The zero-order valence-electron chi connectivity index (χ0n) is 16.8. The summed E-state index contributed by atoms with van der Waals surface area (Å²) >= 11 is 0. The van der Waals surface area contributed by atoms with Gasteiger partial charge in [-0.05, 0) is 69.6 Å². The van der Waals surface area contributed by atoms with E-state index in [2.05, 4.69) is 47.7 Å². The van der Waals surface area contributed by atoms with Crippen LogP contribution in [0.25, 0.3) is 33.0 Å². The van der Waals surface area contributed by atoms with Crippen molar-refractivity contribution in [1.29, 1.82) is 0 Å². The Balaban J connectivity index is 1.57. The monoisotopic (exact) mass is 418 g/mol. The molecule has 0 bridgehead atoms. The van der Waals surface area contributed by atoms with E-state index in [0.717, 1.165) is 29.5 Å². The van der Waals surface area contributed by atoms with Gasteiger partial charge >= 0.3 is 6.61 Å². The SMILES string of the molecule is C=CCCc1ccc2cc(-c3ccc(-c4ccc(OC(F)F)c(F)c4)cc3)ccc2c1. The smallest absolute Gasteiger partial charge is 0.387 e. The standard InChI is InChI=1S/C27H21F3O/c1-2-3-4-18-5-6-23-16-22(12-11-21(23)15-18)19-7-9-20(10-8-19)24-13-14-26(25(28)17-24)31-27(29)30/h2,5-17,27H,1,3-4H2. The van der Waals surface area contributed by atoms with E-state index in [9.17, 15) is 13.2 Å². The predicted molar refractivity (Wildman–Crippen MR) is 120 cm³/mol. The second-order valence-electron chi connectivity index (χ2n) is 7.32. The van der Waals surface area contributed by atoms with E-state index >= 15 is 0 Å². The van der Waals surface area contributed by atoms with Crippen LogP contribution in [0, 0.1) is 5.82 Å². The van der Waals surface area contributed by atoms with E-state index in [4.69, 9.17) is 0 Å². The van der Waals surface area contributed by atoms with Gasteiger partial charge in [-0.15, -0.1) is 6.58 Å². The summed E-state index contributed by atoms with van der Waals surface area (Å²) in [5, 5.41) is 2.36. The van der Waals surface area contributed by atoms with Crippen molar-refractivity contribution in [2.24, 2.45) is 0 Å². The molecule has 4 rings (SSSR count). The van der Waals surface area contributed by atoms with E-state index in [1.165, 1.54) is 28.5 Å².